The van der Waals surface area contributed by atoms with Crippen molar-refractivity contribution >= 4 is 28.6 Å². The predicted octanol–water partition coefficient (Wildman–Crippen LogP) is 4.31. The average Bonchev–Trinajstić information content (AvgIpc) is 2.74. The first-order valence-corrected chi connectivity index (χ1v) is 9.53. The van der Waals surface area contributed by atoms with Crippen LogP contribution in [0.4, 0.5) is 29.5 Å². The van der Waals surface area contributed by atoms with Gasteiger partial charge in [0.2, 0.25) is 0 Å². The molecule has 30 heavy (non-hydrogen) atoms. The molecular weight excluding hydrogens is 395 g/mol. The van der Waals surface area contributed by atoms with Crippen molar-refractivity contribution in [2.75, 3.05) is 36.4 Å². The summed E-state index contributed by atoms with van der Waals surface area (Å²) in [5.41, 5.74) is 1.36. The van der Waals surface area contributed by atoms with E-state index in [-0.39, 0.29) is 43.5 Å². The number of halogens is 3. The van der Waals surface area contributed by atoms with Crippen molar-refractivity contribution in [1.29, 1.82) is 0 Å². The average molecular weight is 415 g/mol. The molecule has 1 aliphatic rings. The lowest BCUT2D eigenvalue weighted by molar-refractivity contribution is -0.140. The Morgan fingerprint density at radius 2 is 1.53 bits per heavy atom. The van der Waals surface area contributed by atoms with Crippen LogP contribution in [0.25, 0.3) is 11.0 Å². The molecule has 0 atom stereocenters. The van der Waals surface area contributed by atoms with Crippen LogP contribution in [0.1, 0.15) is 11.3 Å². The van der Waals surface area contributed by atoms with Crippen LogP contribution in [0.15, 0.2) is 48.5 Å². The Morgan fingerprint density at radius 3 is 2.13 bits per heavy atom. The highest BCUT2D eigenvalue weighted by atomic mass is 19.4. The number of anilines is 2. The number of hydrogen-bond acceptors (Lipinski definition) is 4. The second-order valence-corrected chi connectivity index (χ2v) is 7.15. The van der Waals surface area contributed by atoms with Gasteiger partial charge in [0.1, 0.15) is 0 Å². The van der Waals surface area contributed by atoms with E-state index >= 15 is 0 Å². The van der Waals surface area contributed by atoms with Crippen LogP contribution in [0.5, 0.6) is 0 Å². The van der Waals surface area contributed by atoms with Gasteiger partial charge < -0.3 is 15.1 Å². The minimum absolute atomic E-state index is 0.195. The van der Waals surface area contributed by atoms with Gasteiger partial charge in [0.05, 0.1) is 11.0 Å². The molecule has 1 fully saturated rings. The molecule has 0 aliphatic carbocycles. The molecule has 0 saturated carbocycles. The Kier molecular flexibility index (Phi) is 5.19. The monoisotopic (exact) mass is 415 g/mol. The van der Waals surface area contributed by atoms with Crippen molar-refractivity contribution in [1.82, 2.24) is 14.9 Å². The molecule has 0 spiro atoms. The number of alkyl halides is 3. The molecule has 6 nitrogen and oxygen atoms in total. The van der Waals surface area contributed by atoms with Crippen molar-refractivity contribution in [3.8, 4) is 0 Å². The van der Waals surface area contributed by atoms with E-state index in [9.17, 15) is 18.0 Å². The molecule has 1 aromatic heterocycles. The number of piperazine rings is 1. The van der Waals surface area contributed by atoms with E-state index < -0.39 is 11.9 Å². The number of carbonyl (C=O) groups excluding carboxylic acids is 1. The van der Waals surface area contributed by atoms with Gasteiger partial charge in [0, 0.05) is 31.9 Å². The Morgan fingerprint density at radius 1 is 0.933 bits per heavy atom. The summed E-state index contributed by atoms with van der Waals surface area (Å²) in [7, 11) is 0. The molecule has 4 rings (SSSR count). The number of fused-ring (bicyclic) bond motifs is 1. The maximum absolute atomic E-state index is 13.6. The fraction of sp³-hybridized carbons (Fsp3) is 0.286. The van der Waals surface area contributed by atoms with E-state index in [0.717, 1.165) is 5.56 Å². The summed E-state index contributed by atoms with van der Waals surface area (Å²) in [6.07, 6.45) is -4.62. The van der Waals surface area contributed by atoms with E-state index in [2.05, 4.69) is 15.3 Å². The van der Waals surface area contributed by atoms with Gasteiger partial charge in [-0.3, -0.25) is 0 Å². The SMILES string of the molecule is Cc1ccc(NC(=O)N2CCN(c3nc4ccccc4nc3C(F)(F)F)CC2)cc1. The fourth-order valence-electron chi connectivity index (χ4n) is 3.36. The molecule has 3 aromatic rings. The van der Waals surface area contributed by atoms with Crippen molar-refractivity contribution in [2.45, 2.75) is 13.1 Å². The lowest BCUT2D eigenvalue weighted by Gasteiger charge is -2.36. The number of urea groups is 1. The summed E-state index contributed by atoms with van der Waals surface area (Å²) >= 11 is 0. The molecule has 2 amide bonds. The normalized spacial score (nSPS) is 14.8. The van der Waals surface area contributed by atoms with Crippen LogP contribution in [0, 0.1) is 6.92 Å². The van der Waals surface area contributed by atoms with Crippen molar-refractivity contribution in [3.05, 3.63) is 59.8 Å². The Hall–Kier alpha value is -3.36. The van der Waals surface area contributed by atoms with Crippen LogP contribution in [0.3, 0.4) is 0 Å². The summed E-state index contributed by atoms with van der Waals surface area (Å²) in [5.74, 6) is -0.195. The number of hydrogen-bond donors (Lipinski definition) is 1. The van der Waals surface area contributed by atoms with Gasteiger partial charge in [-0.15, -0.1) is 0 Å². The minimum Gasteiger partial charge on any atom is -0.351 e. The lowest BCUT2D eigenvalue weighted by atomic mass is 10.2. The van der Waals surface area contributed by atoms with E-state index in [4.69, 9.17) is 0 Å². The van der Waals surface area contributed by atoms with Gasteiger partial charge in [-0.05, 0) is 31.2 Å². The van der Waals surface area contributed by atoms with Crippen molar-refractivity contribution in [2.24, 2.45) is 0 Å². The molecule has 156 valence electrons. The van der Waals surface area contributed by atoms with Crippen LogP contribution < -0.4 is 10.2 Å². The van der Waals surface area contributed by atoms with Gasteiger partial charge in [-0.25, -0.2) is 14.8 Å². The van der Waals surface area contributed by atoms with E-state index in [1.807, 2.05) is 31.2 Å². The number of rotatable bonds is 2. The topological polar surface area (TPSA) is 61.4 Å². The second kappa shape index (κ2) is 7.81. The minimum atomic E-state index is -4.62. The number of para-hydroxylation sites is 2. The maximum atomic E-state index is 13.6. The summed E-state index contributed by atoms with van der Waals surface area (Å²) in [6, 6.07) is 13.6. The predicted molar refractivity (Wildman–Crippen MR) is 109 cm³/mol. The van der Waals surface area contributed by atoms with E-state index in [1.165, 1.54) is 11.0 Å². The maximum Gasteiger partial charge on any atom is 0.437 e. The van der Waals surface area contributed by atoms with Gasteiger partial charge in [0.25, 0.3) is 0 Å². The lowest BCUT2D eigenvalue weighted by Crippen LogP contribution is -2.50. The largest absolute Gasteiger partial charge is 0.437 e. The highest BCUT2D eigenvalue weighted by molar-refractivity contribution is 5.89. The van der Waals surface area contributed by atoms with Crippen molar-refractivity contribution < 1.29 is 18.0 Å². The summed E-state index contributed by atoms with van der Waals surface area (Å²) in [6.45, 7) is 2.98. The summed E-state index contributed by atoms with van der Waals surface area (Å²) in [4.78, 5) is 23.7. The zero-order valence-electron chi connectivity index (χ0n) is 16.3. The third-order valence-corrected chi connectivity index (χ3v) is 4.99. The quantitative estimate of drug-likeness (QED) is 0.678. The molecule has 1 N–H and O–H groups in total. The molecule has 9 heteroatoms. The third kappa shape index (κ3) is 4.14. The Bertz CT molecular complexity index is 1060. The smallest absolute Gasteiger partial charge is 0.351 e. The van der Waals surface area contributed by atoms with Crippen LogP contribution >= 0.6 is 0 Å². The van der Waals surface area contributed by atoms with Crippen LogP contribution in [-0.4, -0.2) is 47.1 Å². The number of nitrogens with zero attached hydrogens (tertiary/aromatic N) is 4. The van der Waals surface area contributed by atoms with Crippen LogP contribution in [-0.2, 0) is 6.18 Å². The number of carbonyl (C=O) groups is 1. The first-order chi connectivity index (χ1) is 14.3. The highest BCUT2D eigenvalue weighted by Gasteiger charge is 2.39. The third-order valence-electron chi connectivity index (χ3n) is 4.99. The molecular formula is C21H20F3N5O. The second-order valence-electron chi connectivity index (χ2n) is 7.15. The Balaban J connectivity index is 1.50. The van der Waals surface area contributed by atoms with Gasteiger partial charge >= 0.3 is 12.2 Å². The first-order valence-electron chi connectivity index (χ1n) is 9.53. The Labute approximate surface area is 171 Å². The number of aryl methyl sites for hydroxylation is 1. The number of nitrogens with one attached hydrogen (secondary N) is 1. The number of amides is 2. The molecule has 0 radical (unpaired) electrons. The zero-order valence-corrected chi connectivity index (χ0v) is 16.3. The number of benzene rings is 2. The standard InChI is InChI=1S/C21H20F3N5O/c1-14-6-8-15(9-7-14)25-20(30)29-12-10-28(11-13-29)19-18(21(22,23)24)26-16-4-2-3-5-17(16)27-19/h2-9H,10-13H2,1H3,(H,25,30). The zero-order chi connectivity index (χ0) is 21.3. The molecule has 1 aliphatic heterocycles. The molecule has 0 bridgehead atoms. The van der Waals surface area contributed by atoms with Crippen LogP contribution in [0.2, 0.25) is 0 Å². The van der Waals surface area contributed by atoms with Crippen molar-refractivity contribution in [3.63, 3.8) is 0 Å². The van der Waals surface area contributed by atoms with Gasteiger partial charge in [-0.1, -0.05) is 29.8 Å². The van der Waals surface area contributed by atoms with E-state index in [0.29, 0.717) is 11.2 Å². The molecule has 0 unspecified atom stereocenters. The summed E-state index contributed by atoms with van der Waals surface area (Å²) in [5, 5.41) is 2.81. The molecule has 1 saturated heterocycles. The fourth-order valence-corrected chi connectivity index (χ4v) is 3.36. The highest BCUT2D eigenvalue weighted by Crippen LogP contribution is 2.35. The van der Waals surface area contributed by atoms with E-state index in [1.54, 1.807) is 23.1 Å². The first kappa shape index (κ1) is 19.9. The molecule has 2 heterocycles. The molecule has 2 aromatic carbocycles. The number of aromatic nitrogens is 2. The summed E-state index contributed by atoms with van der Waals surface area (Å²) < 4.78 is 40.8. The van der Waals surface area contributed by atoms with Gasteiger partial charge in [-0.2, -0.15) is 13.2 Å². The van der Waals surface area contributed by atoms with Gasteiger partial charge in [0.15, 0.2) is 11.5 Å².